The lowest BCUT2D eigenvalue weighted by Crippen LogP contribution is -2.41. The smallest absolute Gasteiger partial charge is 0.0246 e. The Morgan fingerprint density at radius 1 is 1.53 bits per heavy atom. The maximum Gasteiger partial charge on any atom is 0.0246 e. The summed E-state index contributed by atoms with van der Waals surface area (Å²) in [5.41, 5.74) is 5.73. The molecule has 0 aliphatic heterocycles. The standard InChI is InChI=1S/C11H24N2OS/c1-9(6-7-15(2)14)13-11-5-3-4-10(11)8-12/h9-11,13H,3-8,12H2,1-2H3. The molecule has 0 radical (unpaired) electrons. The molecule has 0 aromatic carbocycles. The van der Waals surface area contributed by atoms with Crippen LogP contribution in [0, 0.1) is 5.92 Å². The van der Waals surface area contributed by atoms with Crippen molar-refractivity contribution >= 4 is 10.8 Å². The third-order valence-corrected chi connectivity index (χ3v) is 4.11. The molecule has 4 heteroatoms. The summed E-state index contributed by atoms with van der Waals surface area (Å²) in [6.45, 7) is 2.98. The topological polar surface area (TPSA) is 55.1 Å². The molecule has 15 heavy (non-hydrogen) atoms. The van der Waals surface area contributed by atoms with Crippen LogP contribution in [0.3, 0.4) is 0 Å². The van der Waals surface area contributed by atoms with E-state index in [1.807, 2.05) is 0 Å². The number of rotatable bonds is 6. The molecule has 0 spiro atoms. The second-order valence-electron chi connectivity index (χ2n) is 4.67. The number of nitrogens with one attached hydrogen (secondary N) is 1. The van der Waals surface area contributed by atoms with Crippen LogP contribution in [-0.4, -0.2) is 34.8 Å². The Kier molecular flexibility index (Phi) is 5.79. The van der Waals surface area contributed by atoms with Gasteiger partial charge in [-0.05, 0) is 38.6 Å². The summed E-state index contributed by atoms with van der Waals surface area (Å²) in [6.07, 6.45) is 6.58. The van der Waals surface area contributed by atoms with Crippen molar-refractivity contribution < 1.29 is 4.21 Å². The van der Waals surface area contributed by atoms with E-state index in [2.05, 4.69) is 12.2 Å². The van der Waals surface area contributed by atoms with Gasteiger partial charge in [-0.2, -0.15) is 0 Å². The number of hydrogen-bond donors (Lipinski definition) is 2. The molecule has 0 heterocycles. The van der Waals surface area contributed by atoms with Crippen molar-refractivity contribution in [2.45, 2.75) is 44.7 Å². The SMILES string of the molecule is CC(CCS(C)=O)NC1CCCC1CN. The molecule has 3 nitrogen and oxygen atoms in total. The van der Waals surface area contributed by atoms with Gasteiger partial charge in [0.1, 0.15) is 0 Å². The third kappa shape index (κ3) is 4.62. The highest BCUT2D eigenvalue weighted by Crippen LogP contribution is 2.25. The van der Waals surface area contributed by atoms with E-state index in [4.69, 9.17) is 5.73 Å². The van der Waals surface area contributed by atoms with E-state index in [-0.39, 0.29) is 0 Å². The molecule has 1 rings (SSSR count). The predicted octanol–water partition coefficient (Wildman–Crippen LogP) is 0.861. The molecule has 4 unspecified atom stereocenters. The Labute approximate surface area is 95.6 Å². The first-order valence-corrected chi connectivity index (χ1v) is 7.62. The molecular weight excluding hydrogens is 208 g/mol. The molecule has 1 aliphatic rings. The molecule has 1 fully saturated rings. The summed E-state index contributed by atoms with van der Waals surface area (Å²) in [7, 11) is -0.664. The molecule has 0 amide bonds. The third-order valence-electron chi connectivity index (χ3n) is 3.30. The van der Waals surface area contributed by atoms with Crippen LogP contribution in [0.1, 0.15) is 32.6 Å². The van der Waals surface area contributed by atoms with Crippen molar-refractivity contribution in [1.82, 2.24) is 5.32 Å². The van der Waals surface area contributed by atoms with Gasteiger partial charge in [-0.1, -0.05) is 6.42 Å². The Morgan fingerprint density at radius 3 is 2.87 bits per heavy atom. The molecule has 1 saturated carbocycles. The minimum Gasteiger partial charge on any atom is -0.330 e. The summed E-state index contributed by atoms with van der Waals surface area (Å²) in [4.78, 5) is 0. The van der Waals surface area contributed by atoms with Crippen LogP contribution in [0.4, 0.5) is 0 Å². The summed E-state index contributed by atoms with van der Waals surface area (Å²) in [6, 6.07) is 1.06. The van der Waals surface area contributed by atoms with E-state index in [0.717, 1.165) is 18.7 Å². The highest BCUT2D eigenvalue weighted by molar-refractivity contribution is 7.84. The second kappa shape index (κ2) is 6.61. The van der Waals surface area contributed by atoms with Gasteiger partial charge in [-0.3, -0.25) is 4.21 Å². The predicted molar refractivity (Wildman–Crippen MR) is 66.3 cm³/mol. The molecule has 0 aromatic rings. The molecule has 90 valence electrons. The van der Waals surface area contributed by atoms with Crippen LogP contribution in [0.5, 0.6) is 0 Å². The zero-order valence-corrected chi connectivity index (χ0v) is 10.7. The lowest BCUT2D eigenvalue weighted by molar-refractivity contribution is 0.365. The fourth-order valence-electron chi connectivity index (χ4n) is 2.33. The van der Waals surface area contributed by atoms with Crippen molar-refractivity contribution in [2.24, 2.45) is 11.7 Å². The van der Waals surface area contributed by atoms with Crippen LogP contribution < -0.4 is 11.1 Å². The zero-order chi connectivity index (χ0) is 11.3. The van der Waals surface area contributed by atoms with Crippen molar-refractivity contribution in [3.05, 3.63) is 0 Å². The molecule has 3 N–H and O–H groups in total. The van der Waals surface area contributed by atoms with E-state index in [1.54, 1.807) is 6.26 Å². The summed E-state index contributed by atoms with van der Waals surface area (Å²) < 4.78 is 11.0. The van der Waals surface area contributed by atoms with Crippen LogP contribution in [-0.2, 0) is 10.8 Å². The number of nitrogens with two attached hydrogens (primary N) is 1. The van der Waals surface area contributed by atoms with Gasteiger partial charge < -0.3 is 11.1 Å². The Morgan fingerprint density at radius 2 is 2.27 bits per heavy atom. The minimum absolute atomic E-state index is 0.464. The van der Waals surface area contributed by atoms with Gasteiger partial charge in [0.05, 0.1) is 0 Å². The summed E-state index contributed by atoms with van der Waals surface area (Å²) >= 11 is 0. The zero-order valence-electron chi connectivity index (χ0n) is 9.87. The number of hydrogen-bond acceptors (Lipinski definition) is 3. The summed E-state index contributed by atoms with van der Waals surface area (Å²) in [5.74, 6) is 1.45. The van der Waals surface area contributed by atoms with Gasteiger partial charge in [-0.15, -0.1) is 0 Å². The highest BCUT2D eigenvalue weighted by Gasteiger charge is 2.26. The molecule has 0 bridgehead atoms. The molecule has 0 saturated heterocycles. The first kappa shape index (κ1) is 13.1. The monoisotopic (exact) mass is 232 g/mol. The Hall–Kier alpha value is 0.0700. The first-order valence-electron chi connectivity index (χ1n) is 5.89. The van der Waals surface area contributed by atoms with E-state index in [0.29, 0.717) is 18.0 Å². The maximum absolute atomic E-state index is 11.0. The molecule has 0 aromatic heterocycles. The lowest BCUT2D eigenvalue weighted by Gasteiger charge is -2.24. The first-order chi connectivity index (χ1) is 7.13. The van der Waals surface area contributed by atoms with E-state index < -0.39 is 10.8 Å². The molecular formula is C11H24N2OS. The van der Waals surface area contributed by atoms with Crippen molar-refractivity contribution in [3.63, 3.8) is 0 Å². The van der Waals surface area contributed by atoms with Gasteiger partial charge in [0.2, 0.25) is 0 Å². The minimum atomic E-state index is -0.664. The fourth-order valence-corrected chi connectivity index (χ4v) is 3.02. The average Bonchev–Trinajstić information content (AvgIpc) is 2.62. The molecule has 1 aliphatic carbocycles. The fraction of sp³-hybridized carbons (Fsp3) is 1.00. The van der Waals surface area contributed by atoms with E-state index in [9.17, 15) is 4.21 Å². The average molecular weight is 232 g/mol. The van der Waals surface area contributed by atoms with Gasteiger partial charge >= 0.3 is 0 Å². The van der Waals surface area contributed by atoms with Gasteiger partial charge in [0, 0.05) is 34.9 Å². The van der Waals surface area contributed by atoms with Crippen LogP contribution in [0.15, 0.2) is 0 Å². The van der Waals surface area contributed by atoms with E-state index >= 15 is 0 Å². The van der Waals surface area contributed by atoms with E-state index in [1.165, 1.54) is 19.3 Å². The van der Waals surface area contributed by atoms with Crippen molar-refractivity contribution in [1.29, 1.82) is 0 Å². The second-order valence-corrected chi connectivity index (χ2v) is 6.22. The van der Waals surface area contributed by atoms with Crippen LogP contribution in [0.2, 0.25) is 0 Å². The van der Waals surface area contributed by atoms with Crippen LogP contribution in [0.25, 0.3) is 0 Å². The maximum atomic E-state index is 11.0. The largest absolute Gasteiger partial charge is 0.330 e. The van der Waals surface area contributed by atoms with Gasteiger partial charge in [-0.25, -0.2) is 0 Å². The normalized spacial score (nSPS) is 30.3. The quantitative estimate of drug-likeness (QED) is 0.714. The lowest BCUT2D eigenvalue weighted by atomic mass is 10.0. The highest BCUT2D eigenvalue weighted by atomic mass is 32.2. The summed E-state index contributed by atoms with van der Waals surface area (Å²) in [5, 5.41) is 3.62. The van der Waals surface area contributed by atoms with Gasteiger partial charge in [0.15, 0.2) is 0 Å². The Bertz CT molecular complexity index is 211. The molecule has 4 atom stereocenters. The van der Waals surface area contributed by atoms with Crippen molar-refractivity contribution in [2.75, 3.05) is 18.6 Å². The van der Waals surface area contributed by atoms with Gasteiger partial charge in [0.25, 0.3) is 0 Å². The van der Waals surface area contributed by atoms with Crippen LogP contribution >= 0.6 is 0 Å². The Balaban J connectivity index is 2.24. The van der Waals surface area contributed by atoms with Crippen molar-refractivity contribution in [3.8, 4) is 0 Å².